The first kappa shape index (κ1) is 19.5. The molecule has 1 aromatic carbocycles. The Morgan fingerprint density at radius 2 is 2.03 bits per heavy atom. The van der Waals surface area contributed by atoms with Crippen molar-refractivity contribution in [1.82, 2.24) is 9.97 Å². The van der Waals surface area contributed by atoms with Crippen LogP contribution in [0.1, 0.15) is 30.5 Å². The molecule has 0 unspecified atom stereocenters. The fourth-order valence-corrected chi connectivity index (χ4v) is 3.41. The summed E-state index contributed by atoms with van der Waals surface area (Å²) in [4.78, 5) is 20.1. The van der Waals surface area contributed by atoms with Crippen molar-refractivity contribution >= 4 is 10.9 Å². The predicted octanol–water partition coefficient (Wildman–Crippen LogP) is 4.01. The van der Waals surface area contributed by atoms with Gasteiger partial charge in [-0.25, -0.2) is 4.98 Å². The number of nitrogens with zero attached hydrogens (tertiary/aromatic N) is 1. The largest absolute Gasteiger partial charge is 0.493 e. The quantitative estimate of drug-likeness (QED) is 0.555. The van der Waals surface area contributed by atoms with Gasteiger partial charge in [-0.15, -0.1) is 0 Å². The lowest BCUT2D eigenvalue weighted by Gasteiger charge is -2.25. The number of para-hydroxylation sites is 1. The van der Waals surface area contributed by atoms with E-state index in [1.54, 1.807) is 12.3 Å². The average Bonchev–Trinajstić information content (AvgIpc) is 2.71. The predicted molar refractivity (Wildman–Crippen MR) is 112 cm³/mol. The van der Waals surface area contributed by atoms with Crippen LogP contribution in [-0.4, -0.2) is 29.8 Å². The molecular formula is C23H26N2O4. The van der Waals surface area contributed by atoms with Gasteiger partial charge < -0.3 is 19.2 Å². The van der Waals surface area contributed by atoms with Gasteiger partial charge in [0.05, 0.1) is 25.5 Å². The van der Waals surface area contributed by atoms with Gasteiger partial charge in [0.15, 0.2) is 5.43 Å². The summed E-state index contributed by atoms with van der Waals surface area (Å²) in [6.45, 7) is 4.55. The Bertz CT molecular complexity index is 1030. The summed E-state index contributed by atoms with van der Waals surface area (Å²) < 4.78 is 16.8. The van der Waals surface area contributed by atoms with Gasteiger partial charge in [0.1, 0.15) is 12.4 Å². The first-order valence-electron chi connectivity index (χ1n) is 10.1. The van der Waals surface area contributed by atoms with Gasteiger partial charge >= 0.3 is 0 Å². The molecule has 152 valence electrons. The van der Waals surface area contributed by atoms with Crippen LogP contribution >= 0.6 is 0 Å². The third-order valence-electron chi connectivity index (χ3n) is 5.30. The van der Waals surface area contributed by atoms with E-state index >= 15 is 0 Å². The van der Waals surface area contributed by atoms with Gasteiger partial charge in [0.2, 0.25) is 5.88 Å². The van der Waals surface area contributed by atoms with Crippen LogP contribution in [0.5, 0.6) is 11.6 Å². The molecule has 0 radical (unpaired) electrons. The number of hydrogen-bond acceptors (Lipinski definition) is 5. The van der Waals surface area contributed by atoms with Crippen molar-refractivity contribution in [3.63, 3.8) is 0 Å². The number of H-pyrrole nitrogens is 1. The van der Waals surface area contributed by atoms with Crippen molar-refractivity contribution in [2.24, 2.45) is 5.92 Å². The number of aromatic amines is 1. The van der Waals surface area contributed by atoms with Gasteiger partial charge in [-0.1, -0.05) is 12.1 Å². The number of benzene rings is 1. The molecule has 4 rings (SSSR count). The second kappa shape index (κ2) is 9.09. The standard InChI is InChI=1S/C23H26N2O4/c1-16-21(25-20-8-3-2-7-19(20)23(16)26)15-29-22-12-18(9-10-24-22)28-11-5-4-6-17-13-27-14-17/h2-3,7-10,12,17H,4-6,11,13-15H2,1H3,(H,25,26). The molecule has 0 amide bonds. The van der Waals surface area contributed by atoms with E-state index in [2.05, 4.69) is 9.97 Å². The van der Waals surface area contributed by atoms with E-state index in [0.717, 1.165) is 48.9 Å². The molecule has 0 saturated carbocycles. The number of nitrogens with one attached hydrogen (secondary N) is 1. The Labute approximate surface area is 169 Å². The molecule has 1 N–H and O–H groups in total. The molecule has 1 saturated heterocycles. The summed E-state index contributed by atoms with van der Waals surface area (Å²) >= 11 is 0. The minimum Gasteiger partial charge on any atom is -0.493 e. The van der Waals surface area contributed by atoms with Crippen LogP contribution < -0.4 is 14.9 Å². The third kappa shape index (κ3) is 4.77. The minimum atomic E-state index is 0.0245. The Morgan fingerprint density at radius 1 is 1.17 bits per heavy atom. The molecule has 6 nitrogen and oxygen atoms in total. The molecule has 29 heavy (non-hydrogen) atoms. The van der Waals surface area contributed by atoms with Crippen molar-refractivity contribution in [1.29, 1.82) is 0 Å². The topological polar surface area (TPSA) is 73.4 Å². The van der Waals surface area contributed by atoms with Crippen LogP contribution in [0.2, 0.25) is 0 Å². The number of aromatic nitrogens is 2. The van der Waals surface area contributed by atoms with Gasteiger partial charge in [-0.3, -0.25) is 4.79 Å². The first-order valence-corrected chi connectivity index (χ1v) is 10.1. The molecule has 1 fully saturated rings. The maximum absolute atomic E-state index is 12.5. The summed E-state index contributed by atoms with van der Waals surface area (Å²) in [5.74, 6) is 1.95. The van der Waals surface area contributed by atoms with Crippen LogP contribution in [0.15, 0.2) is 47.4 Å². The van der Waals surface area contributed by atoms with Crippen molar-refractivity contribution in [3.05, 3.63) is 64.1 Å². The monoisotopic (exact) mass is 394 g/mol. The lowest BCUT2D eigenvalue weighted by Crippen LogP contribution is -2.27. The Kier molecular flexibility index (Phi) is 6.10. The molecule has 3 heterocycles. The summed E-state index contributed by atoms with van der Waals surface area (Å²) in [7, 11) is 0. The Hall–Kier alpha value is -2.86. The van der Waals surface area contributed by atoms with Crippen LogP contribution in [0, 0.1) is 12.8 Å². The second-order valence-corrected chi connectivity index (χ2v) is 7.47. The van der Waals surface area contributed by atoms with Gasteiger partial charge in [0.25, 0.3) is 0 Å². The minimum absolute atomic E-state index is 0.0245. The van der Waals surface area contributed by atoms with Crippen LogP contribution in [0.4, 0.5) is 0 Å². The van der Waals surface area contributed by atoms with Crippen molar-refractivity contribution < 1.29 is 14.2 Å². The van der Waals surface area contributed by atoms with Gasteiger partial charge in [0, 0.05) is 34.6 Å². The number of fused-ring (bicyclic) bond motifs is 1. The first-order chi connectivity index (χ1) is 14.2. The highest BCUT2D eigenvalue weighted by atomic mass is 16.5. The second-order valence-electron chi connectivity index (χ2n) is 7.47. The van der Waals surface area contributed by atoms with E-state index < -0.39 is 0 Å². The fraction of sp³-hybridized carbons (Fsp3) is 0.391. The molecule has 0 aliphatic carbocycles. The van der Waals surface area contributed by atoms with E-state index in [1.165, 1.54) is 6.42 Å². The van der Waals surface area contributed by atoms with Crippen molar-refractivity contribution in [2.45, 2.75) is 32.8 Å². The van der Waals surface area contributed by atoms with E-state index in [4.69, 9.17) is 14.2 Å². The normalized spacial score (nSPS) is 14.0. The molecule has 0 bridgehead atoms. The number of unbranched alkanes of at least 4 members (excludes halogenated alkanes) is 1. The summed E-state index contributed by atoms with van der Waals surface area (Å²) in [6.07, 6.45) is 5.05. The highest BCUT2D eigenvalue weighted by molar-refractivity contribution is 5.79. The molecule has 1 aliphatic heterocycles. The third-order valence-corrected chi connectivity index (χ3v) is 5.30. The summed E-state index contributed by atoms with van der Waals surface area (Å²) in [6, 6.07) is 11.1. The highest BCUT2D eigenvalue weighted by Gasteiger charge is 2.17. The van der Waals surface area contributed by atoms with Gasteiger partial charge in [-0.05, 0) is 44.4 Å². The number of pyridine rings is 2. The van der Waals surface area contributed by atoms with Crippen LogP contribution in [0.3, 0.4) is 0 Å². The highest BCUT2D eigenvalue weighted by Crippen LogP contribution is 2.20. The van der Waals surface area contributed by atoms with Gasteiger partial charge in [-0.2, -0.15) is 0 Å². The van der Waals surface area contributed by atoms with Crippen molar-refractivity contribution in [3.8, 4) is 11.6 Å². The zero-order valence-corrected chi connectivity index (χ0v) is 16.6. The fourth-order valence-electron chi connectivity index (χ4n) is 3.41. The van der Waals surface area contributed by atoms with Crippen LogP contribution in [-0.2, 0) is 11.3 Å². The number of hydrogen-bond donors (Lipinski definition) is 1. The molecule has 2 aromatic heterocycles. The maximum atomic E-state index is 12.5. The van der Waals surface area contributed by atoms with E-state index in [1.807, 2.05) is 37.3 Å². The zero-order valence-electron chi connectivity index (χ0n) is 16.6. The van der Waals surface area contributed by atoms with Crippen LogP contribution in [0.25, 0.3) is 10.9 Å². The lowest BCUT2D eigenvalue weighted by molar-refractivity contribution is -0.0366. The SMILES string of the molecule is Cc1c(COc2cc(OCCCCC3COC3)ccn2)[nH]c2ccccc2c1=O. The Balaban J connectivity index is 1.33. The molecule has 6 heteroatoms. The number of ether oxygens (including phenoxy) is 3. The van der Waals surface area contributed by atoms with Crippen molar-refractivity contribution in [2.75, 3.05) is 19.8 Å². The molecule has 1 aliphatic rings. The van der Waals surface area contributed by atoms with E-state index in [-0.39, 0.29) is 12.0 Å². The molecule has 0 atom stereocenters. The summed E-state index contributed by atoms with van der Waals surface area (Å²) in [5.41, 5.74) is 2.24. The summed E-state index contributed by atoms with van der Waals surface area (Å²) in [5, 5.41) is 0.687. The average molecular weight is 394 g/mol. The molecule has 3 aromatic rings. The van der Waals surface area contributed by atoms with E-state index in [9.17, 15) is 4.79 Å². The lowest BCUT2D eigenvalue weighted by atomic mass is 10.0. The Morgan fingerprint density at radius 3 is 2.86 bits per heavy atom. The number of rotatable bonds is 9. The zero-order chi connectivity index (χ0) is 20.1. The maximum Gasteiger partial charge on any atom is 0.217 e. The van der Waals surface area contributed by atoms with E-state index in [0.29, 0.717) is 23.4 Å². The molecule has 0 spiro atoms. The molecular weight excluding hydrogens is 368 g/mol. The smallest absolute Gasteiger partial charge is 0.217 e.